The lowest BCUT2D eigenvalue weighted by Crippen LogP contribution is -2.79. The van der Waals surface area contributed by atoms with Crippen LogP contribution in [0.25, 0.3) is 6.08 Å². The van der Waals surface area contributed by atoms with Crippen LogP contribution in [0.2, 0.25) is 0 Å². The highest BCUT2D eigenvalue weighted by Gasteiger charge is 2.80. The van der Waals surface area contributed by atoms with Gasteiger partial charge in [-0.1, -0.05) is 65.0 Å². The maximum Gasteiger partial charge on any atom is 0.331 e. The summed E-state index contributed by atoms with van der Waals surface area (Å²) in [4.78, 5) is 27.1. The van der Waals surface area contributed by atoms with Crippen LogP contribution >= 0.6 is 0 Å². The van der Waals surface area contributed by atoms with Crippen molar-refractivity contribution in [2.75, 3.05) is 0 Å². The van der Waals surface area contributed by atoms with Crippen LogP contribution in [0.15, 0.2) is 36.4 Å². The van der Waals surface area contributed by atoms with Crippen molar-refractivity contribution in [2.24, 2.45) is 39.9 Å². The van der Waals surface area contributed by atoms with Crippen molar-refractivity contribution in [3.63, 3.8) is 0 Å². The number of hydrogen-bond donors (Lipinski definition) is 3. The first-order valence-electron chi connectivity index (χ1n) is 12.9. The molecule has 1 aromatic rings. The fourth-order valence-corrected chi connectivity index (χ4v) is 8.49. The van der Waals surface area contributed by atoms with Gasteiger partial charge in [-0.15, -0.1) is 0 Å². The van der Waals surface area contributed by atoms with Crippen LogP contribution in [0.4, 0.5) is 0 Å². The number of carbonyl (C=O) groups is 2. The molecule has 0 aliphatic heterocycles. The van der Waals surface area contributed by atoms with Gasteiger partial charge in [0, 0.05) is 34.2 Å². The molecule has 0 radical (unpaired) electrons. The summed E-state index contributed by atoms with van der Waals surface area (Å²) >= 11 is 0. The van der Waals surface area contributed by atoms with Crippen LogP contribution in [-0.2, 0) is 14.3 Å². The van der Waals surface area contributed by atoms with Gasteiger partial charge in [0.15, 0.2) is 5.78 Å². The second kappa shape index (κ2) is 7.74. The average molecular weight is 483 g/mol. The van der Waals surface area contributed by atoms with Gasteiger partial charge in [-0.25, -0.2) is 4.79 Å². The minimum atomic E-state index is -1.78. The van der Waals surface area contributed by atoms with E-state index in [-0.39, 0.29) is 35.4 Å². The van der Waals surface area contributed by atoms with Crippen molar-refractivity contribution in [3.8, 4) is 0 Å². The zero-order valence-corrected chi connectivity index (χ0v) is 21.3. The third kappa shape index (κ3) is 3.06. The van der Waals surface area contributed by atoms with E-state index in [9.17, 15) is 24.9 Å². The van der Waals surface area contributed by atoms with Crippen LogP contribution < -0.4 is 0 Å². The molecule has 0 bridgehead atoms. The Labute approximate surface area is 207 Å². The number of esters is 1. The Morgan fingerprint density at radius 1 is 1.09 bits per heavy atom. The quantitative estimate of drug-likeness (QED) is 0.451. The number of ether oxygens (including phenoxy) is 1. The molecule has 6 nitrogen and oxygen atoms in total. The average Bonchev–Trinajstić information content (AvgIpc) is 3.05. The highest BCUT2D eigenvalue weighted by Crippen LogP contribution is 2.74. The number of carbonyl (C=O) groups excluding carboxylic acids is 2. The molecule has 4 aliphatic rings. The molecule has 0 spiro atoms. The number of benzene rings is 1. The molecule has 0 amide bonds. The lowest BCUT2D eigenvalue weighted by atomic mass is 9.32. The van der Waals surface area contributed by atoms with E-state index in [1.807, 2.05) is 51.1 Å². The van der Waals surface area contributed by atoms with Gasteiger partial charge in [0.05, 0.1) is 12.2 Å². The first-order chi connectivity index (χ1) is 16.3. The van der Waals surface area contributed by atoms with E-state index < -0.39 is 46.6 Å². The maximum absolute atomic E-state index is 14.2. The van der Waals surface area contributed by atoms with Crippen molar-refractivity contribution in [3.05, 3.63) is 42.0 Å². The Morgan fingerprint density at radius 3 is 2.40 bits per heavy atom. The van der Waals surface area contributed by atoms with Gasteiger partial charge in [-0.05, 0) is 42.7 Å². The lowest BCUT2D eigenvalue weighted by molar-refractivity contribution is -0.296. The van der Waals surface area contributed by atoms with E-state index in [1.165, 1.54) is 6.08 Å². The van der Waals surface area contributed by atoms with E-state index in [0.717, 1.165) is 12.0 Å². The Hall–Kier alpha value is -2.02. The Balaban J connectivity index is 1.49. The van der Waals surface area contributed by atoms with E-state index in [2.05, 4.69) is 13.8 Å². The number of aliphatic hydroxyl groups is 3. The summed E-state index contributed by atoms with van der Waals surface area (Å²) in [6, 6.07) is 9.50. The van der Waals surface area contributed by atoms with Crippen molar-refractivity contribution < 1.29 is 29.6 Å². The SMILES string of the molecule is CC1CC2(O)C(=O)C3(C)C4C(CCC3(C)C(O)C2C1O)C(C)(C)C4OC(=O)C=Cc1ccccc1. The number of ketones is 1. The van der Waals surface area contributed by atoms with Crippen molar-refractivity contribution >= 4 is 17.8 Å². The molecule has 3 N–H and O–H groups in total. The number of rotatable bonds is 3. The fourth-order valence-electron chi connectivity index (χ4n) is 8.49. The number of hydrogen-bond acceptors (Lipinski definition) is 6. The van der Waals surface area contributed by atoms with Gasteiger partial charge in [0.1, 0.15) is 11.7 Å². The summed E-state index contributed by atoms with van der Waals surface area (Å²) in [6.07, 6.45) is 2.17. The molecule has 10 atom stereocenters. The summed E-state index contributed by atoms with van der Waals surface area (Å²) < 4.78 is 6.03. The zero-order chi connectivity index (χ0) is 25.6. The van der Waals surface area contributed by atoms with Crippen LogP contribution in [0.5, 0.6) is 0 Å². The first kappa shape index (κ1) is 24.7. The molecule has 0 saturated heterocycles. The van der Waals surface area contributed by atoms with Crippen LogP contribution in [-0.4, -0.2) is 51.0 Å². The van der Waals surface area contributed by atoms with Gasteiger partial charge >= 0.3 is 5.97 Å². The molecule has 0 aromatic heterocycles. The van der Waals surface area contributed by atoms with Crippen LogP contribution in [0.1, 0.15) is 59.4 Å². The largest absolute Gasteiger partial charge is 0.458 e. The summed E-state index contributed by atoms with van der Waals surface area (Å²) in [5.74, 6) is -2.16. The Kier molecular flexibility index (Phi) is 5.45. The highest BCUT2D eigenvalue weighted by molar-refractivity contribution is 5.96. The molecular weight excluding hydrogens is 444 g/mol. The van der Waals surface area contributed by atoms with Gasteiger partial charge in [0.2, 0.25) is 0 Å². The third-order valence-electron chi connectivity index (χ3n) is 10.7. The lowest BCUT2D eigenvalue weighted by Gasteiger charge is -2.72. The first-order valence-corrected chi connectivity index (χ1v) is 12.9. The summed E-state index contributed by atoms with van der Waals surface area (Å²) in [7, 11) is 0. The van der Waals surface area contributed by atoms with Crippen LogP contribution in [0, 0.1) is 39.9 Å². The van der Waals surface area contributed by atoms with E-state index in [1.54, 1.807) is 6.08 Å². The summed E-state index contributed by atoms with van der Waals surface area (Å²) in [6.45, 7) is 9.73. The number of fused-ring (bicyclic) bond motifs is 4. The smallest absolute Gasteiger partial charge is 0.331 e. The number of Topliss-reactive ketones (excluding diaryl/α,β-unsaturated/α-hetero) is 1. The third-order valence-corrected chi connectivity index (χ3v) is 10.7. The minimum absolute atomic E-state index is 0.122. The summed E-state index contributed by atoms with van der Waals surface area (Å²) in [5.41, 5.74) is -3.16. The second-order valence-electron chi connectivity index (χ2n) is 12.6. The van der Waals surface area contributed by atoms with Crippen LogP contribution in [0.3, 0.4) is 0 Å². The minimum Gasteiger partial charge on any atom is -0.458 e. The molecule has 4 fully saturated rings. The standard InChI is InChI=1S/C29H38O6/c1-16-15-29(34)21(22(16)31)23(32)27(4)14-13-18-20(28(27,5)25(29)33)24(26(18,2)3)35-19(30)12-11-17-9-7-6-8-10-17/h6-12,16,18,20-24,31-32,34H,13-15H2,1-5H3. The fraction of sp³-hybridized carbons (Fsp3) is 0.655. The maximum atomic E-state index is 14.2. The van der Waals surface area contributed by atoms with E-state index in [0.29, 0.717) is 6.42 Å². The second-order valence-corrected chi connectivity index (χ2v) is 12.6. The Morgan fingerprint density at radius 2 is 1.74 bits per heavy atom. The molecule has 4 aliphatic carbocycles. The predicted octanol–water partition coefficient (Wildman–Crippen LogP) is 3.38. The van der Waals surface area contributed by atoms with Gasteiger partial charge in [-0.3, -0.25) is 4.79 Å². The normalized spacial score (nSPS) is 48.0. The van der Waals surface area contributed by atoms with E-state index in [4.69, 9.17) is 4.74 Å². The molecule has 35 heavy (non-hydrogen) atoms. The van der Waals surface area contributed by atoms with Gasteiger partial charge in [-0.2, -0.15) is 0 Å². The predicted molar refractivity (Wildman–Crippen MR) is 131 cm³/mol. The van der Waals surface area contributed by atoms with Gasteiger partial charge < -0.3 is 20.1 Å². The van der Waals surface area contributed by atoms with E-state index >= 15 is 0 Å². The number of aliphatic hydroxyl groups excluding tert-OH is 2. The molecular formula is C29H38O6. The molecule has 4 saturated carbocycles. The topological polar surface area (TPSA) is 104 Å². The van der Waals surface area contributed by atoms with Gasteiger partial charge in [0.25, 0.3) is 0 Å². The summed E-state index contributed by atoms with van der Waals surface area (Å²) in [5, 5.41) is 34.1. The molecule has 0 heterocycles. The monoisotopic (exact) mass is 482 g/mol. The zero-order valence-electron chi connectivity index (χ0n) is 21.3. The molecule has 190 valence electrons. The molecule has 10 unspecified atom stereocenters. The van der Waals surface area contributed by atoms with Crippen molar-refractivity contribution in [1.82, 2.24) is 0 Å². The molecule has 5 rings (SSSR count). The highest BCUT2D eigenvalue weighted by atomic mass is 16.5. The molecule has 6 heteroatoms. The van der Waals surface area contributed by atoms with Crippen molar-refractivity contribution in [1.29, 1.82) is 0 Å². The molecule has 1 aromatic carbocycles. The Bertz CT molecular complexity index is 1060. The van der Waals surface area contributed by atoms with Crippen molar-refractivity contribution in [2.45, 2.75) is 77.8 Å².